The molecule has 2 aromatic carbocycles. The summed E-state index contributed by atoms with van der Waals surface area (Å²) in [5.41, 5.74) is 10.6. The number of aromatic nitrogens is 1. The second kappa shape index (κ2) is 4.36. The van der Waals surface area contributed by atoms with Crippen LogP contribution in [0.25, 0.3) is 21.8 Å². The molecular formula is C20H22N2. The van der Waals surface area contributed by atoms with Crippen molar-refractivity contribution in [2.24, 2.45) is 11.7 Å². The molecule has 0 saturated heterocycles. The third kappa shape index (κ3) is 2.05. The normalized spacial score (nSPS) is 19.9. The van der Waals surface area contributed by atoms with Gasteiger partial charge in [0, 0.05) is 33.9 Å². The Kier molecular flexibility index (Phi) is 2.52. The third-order valence-electron chi connectivity index (χ3n) is 5.42. The van der Waals surface area contributed by atoms with Gasteiger partial charge in [0.15, 0.2) is 0 Å². The summed E-state index contributed by atoms with van der Waals surface area (Å²) in [7, 11) is 0. The summed E-state index contributed by atoms with van der Waals surface area (Å²) < 4.78 is 2.53. The number of para-hydroxylation sites is 1. The summed E-state index contributed by atoms with van der Waals surface area (Å²) in [5, 5.41) is 2.79. The first-order valence-electron chi connectivity index (χ1n) is 8.51. The molecule has 2 aliphatic rings. The van der Waals surface area contributed by atoms with E-state index in [-0.39, 0.29) is 5.54 Å². The summed E-state index contributed by atoms with van der Waals surface area (Å²) in [6.07, 6.45) is 6.15. The molecule has 22 heavy (non-hydrogen) atoms. The minimum absolute atomic E-state index is 0.0834. The van der Waals surface area contributed by atoms with Crippen molar-refractivity contribution in [3.63, 3.8) is 0 Å². The van der Waals surface area contributed by atoms with Gasteiger partial charge in [-0.1, -0.05) is 24.3 Å². The molecule has 0 bridgehead atoms. The summed E-state index contributed by atoms with van der Waals surface area (Å²) in [5.74, 6) is 0.887. The molecule has 5 rings (SSSR count). The maximum atomic E-state index is 6.31. The quantitative estimate of drug-likeness (QED) is 0.765. The van der Waals surface area contributed by atoms with Crippen LogP contribution in [0.1, 0.15) is 31.2 Å². The number of hydrogen-bond donors (Lipinski definition) is 1. The van der Waals surface area contributed by atoms with E-state index >= 15 is 0 Å². The van der Waals surface area contributed by atoms with Gasteiger partial charge in [0.1, 0.15) is 0 Å². The number of hydrogen-bond acceptors (Lipinski definition) is 1. The highest BCUT2D eigenvalue weighted by Crippen LogP contribution is 2.38. The van der Waals surface area contributed by atoms with Crippen LogP contribution in [0.2, 0.25) is 0 Å². The fraction of sp³-hybridized carbons (Fsp3) is 0.400. The molecule has 2 nitrogen and oxygen atoms in total. The average Bonchev–Trinajstić information content (AvgIpc) is 3.44. The molecule has 1 aromatic heterocycles. The van der Waals surface area contributed by atoms with Crippen molar-refractivity contribution in [2.75, 3.05) is 0 Å². The van der Waals surface area contributed by atoms with Gasteiger partial charge >= 0.3 is 0 Å². The van der Waals surface area contributed by atoms with E-state index in [9.17, 15) is 0 Å². The zero-order valence-corrected chi connectivity index (χ0v) is 12.9. The molecule has 0 aliphatic heterocycles. The minimum atomic E-state index is 0.0834. The number of rotatable bonds is 4. The highest BCUT2D eigenvalue weighted by Gasteiger charge is 2.38. The molecule has 112 valence electrons. The van der Waals surface area contributed by atoms with Gasteiger partial charge in [-0.05, 0) is 61.8 Å². The second-order valence-electron chi connectivity index (χ2n) is 7.46. The zero-order valence-electron chi connectivity index (χ0n) is 12.9. The van der Waals surface area contributed by atoms with Crippen molar-refractivity contribution in [2.45, 2.75) is 44.2 Å². The smallest absolute Gasteiger partial charge is 0.0491 e. The molecule has 0 amide bonds. The van der Waals surface area contributed by atoms with Gasteiger partial charge in [-0.2, -0.15) is 0 Å². The monoisotopic (exact) mass is 290 g/mol. The Balaban J connectivity index is 1.69. The molecule has 2 N–H and O–H groups in total. The van der Waals surface area contributed by atoms with Gasteiger partial charge in [-0.15, -0.1) is 0 Å². The van der Waals surface area contributed by atoms with Gasteiger partial charge in [-0.25, -0.2) is 0 Å². The highest BCUT2D eigenvalue weighted by molar-refractivity contribution is 6.08. The maximum absolute atomic E-state index is 6.31. The van der Waals surface area contributed by atoms with E-state index in [0.717, 1.165) is 12.3 Å². The summed E-state index contributed by atoms with van der Waals surface area (Å²) in [6, 6.07) is 15.8. The van der Waals surface area contributed by atoms with Crippen LogP contribution in [0.4, 0.5) is 0 Å². The Hall–Kier alpha value is -1.80. The van der Waals surface area contributed by atoms with E-state index in [2.05, 4.69) is 47.0 Å². The molecule has 2 heteroatoms. The molecule has 3 aromatic rings. The van der Waals surface area contributed by atoms with Crippen LogP contribution >= 0.6 is 0 Å². The number of fused-ring (bicyclic) bond motifs is 3. The van der Waals surface area contributed by atoms with Crippen LogP contribution in [0.3, 0.4) is 0 Å². The first-order chi connectivity index (χ1) is 10.7. The molecule has 0 atom stereocenters. The van der Waals surface area contributed by atoms with Gasteiger partial charge in [-0.3, -0.25) is 0 Å². The average molecular weight is 290 g/mol. The van der Waals surface area contributed by atoms with Crippen molar-refractivity contribution in [3.05, 3.63) is 48.0 Å². The largest absolute Gasteiger partial charge is 0.340 e. The molecule has 0 spiro atoms. The summed E-state index contributed by atoms with van der Waals surface area (Å²) >= 11 is 0. The second-order valence-corrected chi connectivity index (χ2v) is 7.46. The predicted octanol–water partition coefficient (Wildman–Crippen LogP) is 4.24. The lowest BCUT2D eigenvalue weighted by Gasteiger charge is -2.09. The highest BCUT2D eigenvalue weighted by atomic mass is 15.0. The van der Waals surface area contributed by atoms with Crippen LogP contribution in [-0.2, 0) is 13.0 Å². The first-order valence-corrected chi connectivity index (χ1v) is 8.51. The maximum Gasteiger partial charge on any atom is 0.0491 e. The Bertz CT molecular complexity index is 866. The summed E-state index contributed by atoms with van der Waals surface area (Å²) in [6.45, 7) is 1.17. The van der Waals surface area contributed by atoms with E-state index in [0.29, 0.717) is 0 Å². The zero-order chi connectivity index (χ0) is 14.7. The Labute approximate surface area is 130 Å². The Morgan fingerprint density at radius 3 is 2.55 bits per heavy atom. The van der Waals surface area contributed by atoms with Crippen molar-refractivity contribution in [3.8, 4) is 0 Å². The van der Waals surface area contributed by atoms with E-state index in [1.54, 1.807) is 0 Å². The first kappa shape index (κ1) is 12.7. The lowest BCUT2D eigenvalue weighted by atomic mass is 10.0. The predicted molar refractivity (Wildman–Crippen MR) is 92.0 cm³/mol. The number of nitrogens with two attached hydrogens (primary N) is 1. The molecule has 2 saturated carbocycles. The fourth-order valence-corrected chi connectivity index (χ4v) is 3.71. The van der Waals surface area contributed by atoms with Gasteiger partial charge in [0.05, 0.1) is 0 Å². The molecule has 0 radical (unpaired) electrons. The molecule has 2 fully saturated rings. The van der Waals surface area contributed by atoms with Crippen LogP contribution < -0.4 is 5.73 Å². The third-order valence-corrected chi connectivity index (χ3v) is 5.42. The lowest BCUT2D eigenvalue weighted by Crippen LogP contribution is -2.24. The van der Waals surface area contributed by atoms with Gasteiger partial charge in [0.2, 0.25) is 0 Å². The van der Waals surface area contributed by atoms with Crippen molar-refractivity contribution in [1.29, 1.82) is 0 Å². The SMILES string of the molecule is NC1(Cc2ccc3c(c2)c2ccccc2n3CC2CC2)CC1. The van der Waals surface area contributed by atoms with Crippen molar-refractivity contribution < 1.29 is 0 Å². The lowest BCUT2D eigenvalue weighted by molar-refractivity contribution is 0.663. The van der Waals surface area contributed by atoms with Crippen molar-refractivity contribution in [1.82, 2.24) is 4.57 Å². The van der Waals surface area contributed by atoms with E-state index in [4.69, 9.17) is 5.73 Å². The van der Waals surface area contributed by atoms with E-state index < -0.39 is 0 Å². The minimum Gasteiger partial charge on any atom is -0.340 e. The van der Waals surface area contributed by atoms with Crippen LogP contribution in [0.5, 0.6) is 0 Å². The molecule has 1 heterocycles. The van der Waals surface area contributed by atoms with Gasteiger partial charge < -0.3 is 10.3 Å². The van der Waals surface area contributed by atoms with E-state index in [1.807, 2.05) is 0 Å². The van der Waals surface area contributed by atoms with Crippen molar-refractivity contribution >= 4 is 21.8 Å². The van der Waals surface area contributed by atoms with E-state index in [1.165, 1.54) is 59.6 Å². The molecule has 2 aliphatic carbocycles. The standard InChI is InChI=1S/C20H22N2/c21-20(9-10-20)12-15-7-8-19-17(11-15)16-3-1-2-4-18(16)22(19)13-14-5-6-14/h1-4,7-8,11,14H,5-6,9-10,12-13,21H2. The van der Waals surface area contributed by atoms with Crippen LogP contribution in [-0.4, -0.2) is 10.1 Å². The van der Waals surface area contributed by atoms with Crippen LogP contribution in [0, 0.1) is 5.92 Å². The summed E-state index contributed by atoms with van der Waals surface area (Å²) in [4.78, 5) is 0. The topological polar surface area (TPSA) is 30.9 Å². The molecular weight excluding hydrogens is 268 g/mol. The molecule has 0 unspecified atom stereocenters. The van der Waals surface area contributed by atoms with Gasteiger partial charge in [0.25, 0.3) is 0 Å². The Morgan fingerprint density at radius 1 is 1.00 bits per heavy atom. The number of benzene rings is 2. The fourth-order valence-electron chi connectivity index (χ4n) is 3.71. The van der Waals surface area contributed by atoms with Crippen LogP contribution in [0.15, 0.2) is 42.5 Å². The number of nitrogens with zero attached hydrogens (tertiary/aromatic N) is 1. The Morgan fingerprint density at radius 2 is 1.77 bits per heavy atom.